The Kier molecular flexibility index (Phi) is 12.1. The number of hydrogen-bond acceptors (Lipinski definition) is 6. The zero-order valence-corrected chi connectivity index (χ0v) is 37.7. The molecule has 280 valence electrons. The molecule has 1 aliphatic heterocycles. The van der Waals surface area contributed by atoms with E-state index in [0.717, 1.165) is 5.56 Å². The van der Waals surface area contributed by atoms with Crippen molar-refractivity contribution in [3.05, 3.63) is 69.7 Å². The predicted octanol–water partition coefficient (Wildman–Crippen LogP) is 10.4. The van der Waals surface area contributed by atoms with E-state index in [1.54, 1.807) is 0 Å². The summed E-state index contributed by atoms with van der Waals surface area (Å²) >= 11 is 6.90. The van der Waals surface area contributed by atoms with Gasteiger partial charge in [-0.25, -0.2) is 0 Å². The summed E-state index contributed by atoms with van der Waals surface area (Å²) < 4.78 is 34.3. The van der Waals surface area contributed by atoms with E-state index in [1.165, 1.54) is 49.7 Å². The van der Waals surface area contributed by atoms with Crippen molar-refractivity contribution in [1.29, 1.82) is 0 Å². The van der Waals surface area contributed by atoms with Gasteiger partial charge in [0.1, 0.15) is 24.4 Å². The summed E-state index contributed by atoms with van der Waals surface area (Å²) in [4.78, 5) is 0. The standard InChI is InChI=1S/C39H65ClO6Si4/c1-47(2,3)42-27-34-35(44-48(4,5)6)36(45-49(7,8)9)37(46-50(10,11)12)39(41,43-34)32-17-18-33(40)31(26-32)25-28-13-15-29(16-14-28)30-19-21-38(22-20-30)23-24-38/h13-18,26,30,34-37,41H,19-25,27H2,1-12H3/t34-,35-,36+,37-,39?/m1/s1. The van der Waals surface area contributed by atoms with Gasteiger partial charge in [-0.3, -0.25) is 0 Å². The van der Waals surface area contributed by atoms with Crippen LogP contribution in [0.3, 0.4) is 0 Å². The number of ether oxygens (including phenoxy) is 1. The van der Waals surface area contributed by atoms with E-state index in [4.69, 9.17) is 34.0 Å². The molecule has 1 saturated heterocycles. The van der Waals surface area contributed by atoms with Crippen molar-refractivity contribution >= 4 is 44.9 Å². The first kappa shape index (κ1) is 40.5. The smallest absolute Gasteiger partial charge is 0.221 e. The fourth-order valence-electron chi connectivity index (χ4n) is 7.58. The number of benzene rings is 2. The lowest BCUT2D eigenvalue weighted by molar-refractivity contribution is -0.348. The van der Waals surface area contributed by atoms with Crippen LogP contribution in [0.1, 0.15) is 66.7 Å². The maximum atomic E-state index is 13.0. The molecule has 50 heavy (non-hydrogen) atoms. The summed E-state index contributed by atoms with van der Waals surface area (Å²) in [7, 11) is -8.47. The van der Waals surface area contributed by atoms with Crippen LogP contribution in [0.15, 0.2) is 42.5 Å². The number of halogens is 1. The van der Waals surface area contributed by atoms with Gasteiger partial charge in [0.05, 0.1) is 6.61 Å². The Morgan fingerprint density at radius 1 is 0.720 bits per heavy atom. The van der Waals surface area contributed by atoms with Gasteiger partial charge in [0, 0.05) is 10.6 Å². The van der Waals surface area contributed by atoms with Gasteiger partial charge in [0.15, 0.2) is 33.3 Å². The summed E-state index contributed by atoms with van der Waals surface area (Å²) in [5.41, 5.74) is 4.90. The Morgan fingerprint density at radius 2 is 1.28 bits per heavy atom. The molecule has 2 saturated carbocycles. The molecule has 0 bridgehead atoms. The number of rotatable bonds is 13. The van der Waals surface area contributed by atoms with Crippen LogP contribution >= 0.6 is 11.6 Å². The van der Waals surface area contributed by atoms with Gasteiger partial charge in [-0.05, 0) is 164 Å². The third kappa shape index (κ3) is 10.7. The molecule has 0 amide bonds. The molecule has 1 N–H and O–H groups in total. The fraction of sp³-hybridized carbons (Fsp3) is 0.692. The summed E-state index contributed by atoms with van der Waals surface area (Å²) in [5.74, 6) is -1.15. The molecule has 5 rings (SSSR count). The summed E-state index contributed by atoms with van der Waals surface area (Å²) in [6.45, 7) is 26.3. The molecule has 2 aliphatic carbocycles. The topological polar surface area (TPSA) is 66.4 Å². The first-order chi connectivity index (χ1) is 22.9. The van der Waals surface area contributed by atoms with Crippen LogP contribution in [0.25, 0.3) is 0 Å². The van der Waals surface area contributed by atoms with E-state index < -0.39 is 63.5 Å². The molecule has 0 radical (unpaired) electrons. The first-order valence-electron chi connectivity index (χ1n) is 18.9. The van der Waals surface area contributed by atoms with Gasteiger partial charge in [-0.15, -0.1) is 0 Å². The van der Waals surface area contributed by atoms with Gasteiger partial charge < -0.3 is 27.5 Å². The highest BCUT2D eigenvalue weighted by atomic mass is 35.5. The van der Waals surface area contributed by atoms with Crippen LogP contribution in [-0.2, 0) is 34.6 Å². The Balaban J connectivity index is 1.50. The highest BCUT2D eigenvalue weighted by Crippen LogP contribution is 2.58. The van der Waals surface area contributed by atoms with Gasteiger partial charge in [-0.2, -0.15) is 0 Å². The predicted molar refractivity (Wildman–Crippen MR) is 216 cm³/mol. The SMILES string of the molecule is C[Si](C)(C)OC[C@H]1OC(O)(c2ccc(Cl)c(Cc3ccc(C4CCC5(CC4)CC5)cc3)c2)[C@H](O[Si](C)(C)C)[C@@H](O[Si](C)(C)C)[C@@H]1O[Si](C)(C)C. The Hall–Kier alpha value is -0.642. The lowest BCUT2D eigenvalue weighted by Crippen LogP contribution is -2.69. The van der Waals surface area contributed by atoms with Crippen molar-refractivity contribution < 1.29 is 27.5 Å². The summed E-state index contributed by atoms with van der Waals surface area (Å²) in [6.07, 6.45) is 6.51. The van der Waals surface area contributed by atoms with Crippen molar-refractivity contribution in [2.24, 2.45) is 5.41 Å². The molecular weight excluding hydrogens is 712 g/mol. The minimum atomic E-state index is -2.25. The average Bonchev–Trinajstić information content (AvgIpc) is 3.74. The van der Waals surface area contributed by atoms with E-state index in [1.807, 2.05) is 18.2 Å². The molecule has 1 spiro atoms. The molecule has 0 aromatic heterocycles. The van der Waals surface area contributed by atoms with Crippen LogP contribution in [0.4, 0.5) is 0 Å². The van der Waals surface area contributed by atoms with E-state index in [0.29, 0.717) is 34.9 Å². The largest absolute Gasteiger partial charge is 0.415 e. The van der Waals surface area contributed by atoms with Crippen molar-refractivity contribution in [1.82, 2.24) is 0 Å². The molecule has 6 nitrogen and oxygen atoms in total. The Labute approximate surface area is 312 Å². The van der Waals surface area contributed by atoms with Crippen molar-refractivity contribution in [2.75, 3.05) is 6.61 Å². The molecule has 3 fully saturated rings. The van der Waals surface area contributed by atoms with Gasteiger partial charge in [0.2, 0.25) is 5.79 Å². The second-order valence-corrected chi connectivity index (χ2v) is 37.6. The van der Waals surface area contributed by atoms with Crippen LogP contribution in [0.2, 0.25) is 83.6 Å². The number of hydrogen-bond donors (Lipinski definition) is 1. The third-order valence-corrected chi connectivity index (χ3v) is 14.5. The molecule has 1 unspecified atom stereocenters. The monoisotopic (exact) mass is 776 g/mol. The van der Waals surface area contributed by atoms with E-state index >= 15 is 0 Å². The lowest BCUT2D eigenvalue weighted by Gasteiger charge is -2.54. The molecule has 3 aliphatic rings. The van der Waals surface area contributed by atoms with Crippen LogP contribution in [0, 0.1) is 5.41 Å². The maximum Gasteiger partial charge on any atom is 0.221 e. The second kappa shape index (κ2) is 14.9. The lowest BCUT2D eigenvalue weighted by atomic mass is 9.77. The maximum absolute atomic E-state index is 13.0. The number of aliphatic hydroxyl groups is 1. The fourth-order valence-corrected chi connectivity index (χ4v) is 11.7. The minimum Gasteiger partial charge on any atom is -0.415 e. The van der Waals surface area contributed by atoms with Gasteiger partial charge in [0.25, 0.3) is 0 Å². The van der Waals surface area contributed by atoms with E-state index in [-0.39, 0.29) is 0 Å². The molecular formula is C39H65ClO6Si4. The normalized spacial score (nSPS) is 27.9. The minimum absolute atomic E-state index is 0.299. The van der Waals surface area contributed by atoms with Gasteiger partial charge >= 0.3 is 0 Å². The van der Waals surface area contributed by atoms with Crippen LogP contribution in [-0.4, -0.2) is 69.4 Å². The van der Waals surface area contributed by atoms with Crippen LogP contribution < -0.4 is 0 Å². The Bertz CT molecular complexity index is 1450. The second-order valence-electron chi connectivity index (χ2n) is 19.3. The van der Waals surface area contributed by atoms with E-state index in [9.17, 15) is 5.11 Å². The van der Waals surface area contributed by atoms with E-state index in [2.05, 4.69) is 103 Å². The van der Waals surface area contributed by atoms with Crippen molar-refractivity contribution in [3.63, 3.8) is 0 Å². The highest BCUT2D eigenvalue weighted by Gasteiger charge is 2.59. The first-order valence-corrected chi connectivity index (χ1v) is 32.9. The summed E-state index contributed by atoms with van der Waals surface area (Å²) in [5, 5.41) is 13.7. The van der Waals surface area contributed by atoms with Crippen LogP contribution in [0.5, 0.6) is 0 Å². The third-order valence-electron chi connectivity index (χ3n) is 10.2. The van der Waals surface area contributed by atoms with Crippen molar-refractivity contribution in [2.45, 2.75) is 160 Å². The zero-order valence-electron chi connectivity index (χ0n) is 33.0. The molecule has 1 heterocycles. The average molecular weight is 778 g/mol. The summed E-state index contributed by atoms with van der Waals surface area (Å²) in [6, 6.07) is 14.9. The zero-order chi connectivity index (χ0) is 36.9. The highest BCUT2D eigenvalue weighted by molar-refractivity contribution is 6.71. The molecule has 5 atom stereocenters. The molecule has 11 heteroatoms. The quantitative estimate of drug-likeness (QED) is 0.204. The van der Waals surface area contributed by atoms with Gasteiger partial charge in [-0.1, -0.05) is 41.9 Å². The molecule has 2 aromatic carbocycles. The molecule has 2 aromatic rings. The van der Waals surface area contributed by atoms with Crippen molar-refractivity contribution in [3.8, 4) is 0 Å². The Morgan fingerprint density at radius 3 is 1.80 bits per heavy atom.